The summed E-state index contributed by atoms with van der Waals surface area (Å²) in [7, 11) is 0. The van der Waals surface area contributed by atoms with Gasteiger partial charge in [-0.2, -0.15) is 0 Å². The van der Waals surface area contributed by atoms with Crippen LogP contribution in [0.2, 0.25) is 0 Å². The highest BCUT2D eigenvalue weighted by Gasteiger charge is 2.07. The van der Waals surface area contributed by atoms with E-state index < -0.39 is 11.6 Å². The molecule has 1 atom stereocenters. The Morgan fingerprint density at radius 1 is 1.00 bits per heavy atom. The van der Waals surface area contributed by atoms with E-state index in [2.05, 4.69) is 0 Å². The summed E-state index contributed by atoms with van der Waals surface area (Å²) >= 11 is 5.93. The molecular formula is C14H11ClF2. The fourth-order valence-electron chi connectivity index (χ4n) is 1.65. The minimum absolute atomic E-state index is 0.0814. The summed E-state index contributed by atoms with van der Waals surface area (Å²) in [5.74, 6) is -1.13. The van der Waals surface area contributed by atoms with Crippen LogP contribution in [0, 0.1) is 11.6 Å². The minimum Gasteiger partial charge on any atom is -0.207 e. The van der Waals surface area contributed by atoms with Gasteiger partial charge in [-0.25, -0.2) is 8.78 Å². The summed E-state index contributed by atoms with van der Waals surface area (Å²) in [6, 6.07) is 10.8. The van der Waals surface area contributed by atoms with Crippen molar-refractivity contribution in [2.24, 2.45) is 0 Å². The van der Waals surface area contributed by atoms with Crippen molar-refractivity contribution in [2.45, 2.75) is 12.3 Å². The highest BCUT2D eigenvalue weighted by atomic mass is 35.5. The van der Waals surface area contributed by atoms with Crippen LogP contribution < -0.4 is 0 Å². The topological polar surface area (TPSA) is 0 Å². The average Bonchev–Trinajstić information content (AvgIpc) is 2.29. The van der Waals surface area contributed by atoms with Crippen LogP contribution >= 0.6 is 11.6 Å². The van der Waals surface area contributed by atoms with Crippen LogP contribution in [-0.2, 0) is 0 Å². The number of alkyl halides is 1. The molecule has 0 fully saturated rings. The van der Waals surface area contributed by atoms with Gasteiger partial charge in [0.15, 0.2) is 0 Å². The Kier molecular flexibility index (Phi) is 3.43. The third kappa shape index (κ3) is 2.64. The van der Waals surface area contributed by atoms with Crippen molar-refractivity contribution in [3.63, 3.8) is 0 Å². The normalized spacial score (nSPS) is 12.5. The summed E-state index contributed by atoms with van der Waals surface area (Å²) < 4.78 is 26.3. The van der Waals surface area contributed by atoms with Gasteiger partial charge in [-0.05, 0) is 30.2 Å². The Morgan fingerprint density at radius 3 is 2.18 bits per heavy atom. The molecular weight excluding hydrogens is 242 g/mol. The van der Waals surface area contributed by atoms with Crippen LogP contribution in [0.5, 0.6) is 0 Å². The Morgan fingerprint density at radius 2 is 1.65 bits per heavy atom. The fraction of sp³-hybridized carbons (Fsp3) is 0.143. The van der Waals surface area contributed by atoms with E-state index in [0.717, 1.165) is 11.6 Å². The van der Waals surface area contributed by atoms with E-state index in [1.807, 2.05) is 19.1 Å². The van der Waals surface area contributed by atoms with Gasteiger partial charge in [-0.15, -0.1) is 11.6 Å². The lowest BCUT2D eigenvalue weighted by Gasteiger charge is -2.06. The van der Waals surface area contributed by atoms with Crippen LogP contribution in [0.4, 0.5) is 8.78 Å². The van der Waals surface area contributed by atoms with Gasteiger partial charge in [0.05, 0.1) is 5.38 Å². The summed E-state index contributed by atoms with van der Waals surface area (Å²) in [4.78, 5) is 0. The van der Waals surface area contributed by atoms with Crippen molar-refractivity contribution in [1.82, 2.24) is 0 Å². The Labute approximate surface area is 104 Å². The molecule has 0 heterocycles. The van der Waals surface area contributed by atoms with Gasteiger partial charge >= 0.3 is 0 Å². The molecule has 0 amide bonds. The number of rotatable bonds is 2. The molecule has 2 rings (SSSR count). The lowest BCUT2D eigenvalue weighted by atomic mass is 10.0. The molecule has 0 radical (unpaired) electrons. The van der Waals surface area contributed by atoms with Crippen molar-refractivity contribution in [3.8, 4) is 11.1 Å². The Hall–Kier alpha value is -1.41. The van der Waals surface area contributed by atoms with E-state index in [1.54, 1.807) is 12.1 Å². The molecule has 0 aliphatic rings. The molecule has 0 aromatic heterocycles. The zero-order valence-electron chi connectivity index (χ0n) is 9.25. The first-order chi connectivity index (χ1) is 8.08. The smallest absolute Gasteiger partial charge is 0.133 e. The molecule has 0 N–H and O–H groups in total. The Balaban J connectivity index is 2.40. The molecule has 3 heteroatoms. The average molecular weight is 253 g/mol. The lowest BCUT2D eigenvalue weighted by Crippen LogP contribution is -1.88. The van der Waals surface area contributed by atoms with Gasteiger partial charge in [0.1, 0.15) is 11.6 Å². The van der Waals surface area contributed by atoms with Crippen LogP contribution in [-0.4, -0.2) is 0 Å². The monoisotopic (exact) mass is 252 g/mol. The van der Waals surface area contributed by atoms with Gasteiger partial charge in [-0.1, -0.05) is 24.3 Å². The van der Waals surface area contributed by atoms with E-state index in [9.17, 15) is 8.78 Å². The molecule has 0 nitrogen and oxygen atoms in total. The maximum Gasteiger partial charge on any atom is 0.133 e. The van der Waals surface area contributed by atoms with E-state index in [-0.39, 0.29) is 5.38 Å². The van der Waals surface area contributed by atoms with Crippen LogP contribution in [0.3, 0.4) is 0 Å². The van der Waals surface area contributed by atoms with Crippen molar-refractivity contribution in [2.75, 3.05) is 0 Å². The van der Waals surface area contributed by atoms with E-state index >= 15 is 0 Å². The highest BCUT2D eigenvalue weighted by Crippen LogP contribution is 2.26. The van der Waals surface area contributed by atoms with Gasteiger partial charge in [0.25, 0.3) is 0 Å². The molecule has 0 bridgehead atoms. The fourth-order valence-corrected chi connectivity index (χ4v) is 1.80. The van der Waals surface area contributed by atoms with Crippen LogP contribution in [0.15, 0.2) is 42.5 Å². The van der Waals surface area contributed by atoms with Gasteiger partial charge in [-0.3, -0.25) is 0 Å². The number of hydrogen-bond acceptors (Lipinski definition) is 0. The maximum absolute atomic E-state index is 13.5. The van der Waals surface area contributed by atoms with Crippen molar-refractivity contribution < 1.29 is 8.78 Å². The molecule has 0 aliphatic carbocycles. The molecule has 1 unspecified atom stereocenters. The number of halogens is 3. The highest BCUT2D eigenvalue weighted by molar-refractivity contribution is 6.20. The molecule has 0 spiro atoms. The molecule has 2 aromatic carbocycles. The number of hydrogen-bond donors (Lipinski definition) is 0. The van der Waals surface area contributed by atoms with E-state index in [1.165, 1.54) is 12.1 Å². The maximum atomic E-state index is 13.5. The summed E-state index contributed by atoms with van der Waals surface area (Å²) in [5, 5.41) is -0.0814. The first-order valence-electron chi connectivity index (χ1n) is 5.27. The van der Waals surface area contributed by atoms with E-state index in [0.29, 0.717) is 11.1 Å². The molecule has 0 saturated heterocycles. The van der Waals surface area contributed by atoms with Gasteiger partial charge in [0.2, 0.25) is 0 Å². The van der Waals surface area contributed by atoms with Gasteiger partial charge in [0, 0.05) is 11.6 Å². The van der Waals surface area contributed by atoms with Gasteiger partial charge < -0.3 is 0 Å². The van der Waals surface area contributed by atoms with Crippen LogP contribution in [0.1, 0.15) is 17.9 Å². The predicted molar refractivity (Wildman–Crippen MR) is 66.1 cm³/mol. The number of benzene rings is 2. The molecule has 2 aromatic rings. The zero-order chi connectivity index (χ0) is 12.4. The SMILES string of the molecule is CC(Cl)c1ccc(-c2ccc(F)cc2F)cc1. The second kappa shape index (κ2) is 4.84. The third-order valence-corrected chi connectivity index (χ3v) is 2.86. The van der Waals surface area contributed by atoms with Crippen molar-refractivity contribution in [3.05, 3.63) is 59.7 Å². The molecule has 0 saturated carbocycles. The minimum atomic E-state index is -0.572. The summed E-state index contributed by atoms with van der Waals surface area (Å²) in [6.07, 6.45) is 0. The second-order valence-corrected chi connectivity index (χ2v) is 4.52. The first kappa shape index (κ1) is 12.1. The summed E-state index contributed by atoms with van der Waals surface area (Å²) in [5.41, 5.74) is 2.07. The third-order valence-electron chi connectivity index (χ3n) is 2.61. The molecule has 17 heavy (non-hydrogen) atoms. The standard InChI is InChI=1S/C14H11ClF2/c1-9(15)10-2-4-11(5-3-10)13-7-6-12(16)8-14(13)17/h2-9H,1H3. The Bertz CT molecular complexity index is 518. The van der Waals surface area contributed by atoms with Crippen molar-refractivity contribution >= 4 is 11.6 Å². The van der Waals surface area contributed by atoms with E-state index in [4.69, 9.17) is 11.6 Å². The van der Waals surface area contributed by atoms with Crippen molar-refractivity contribution in [1.29, 1.82) is 0 Å². The first-order valence-corrected chi connectivity index (χ1v) is 5.71. The second-order valence-electron chi connectivity index (χ2n) is 3.86. The quantitative estimate of drug-likeness (QED) is 0.665. The lowest BCUT2D eigenvalue weighted by molar-refractivity contribution is 0.585. The molecule has 88 valence electrons. The predicted octanol–water partition coefficient (Wildman–Crippen LogP) is 4.93. The largest absolute Gasteiger partial charge is 0.207 e. The summed E-state index contributed by atoms with van der Waals surface area (Å²) in [6.45, 7) is 1.87. The zero-order valence-corrected chi connectivity index (χ0v) is 10.0. The van der Waals surface area contributed by atoms with Crippen LogP contribution in [0.25, 0.3) is 11.1 Å². The molecule has 0 aliphatic heterocycles.